The van der Waals surface area contributed by atoms with Crippen LogP contribution in [0.15, 0.2) is 79.0 Å². The number of piperidine rings is 1. The summed E-state index contributed by atoms with van der Waals surface area (Å²) in [6, 6.07) is 16.0. The van der Waals surface area contributed by atoms with Crippen molar-refractivity contribution in [2.75, 3.05) is 12.4 Å². The van der Waals surface area contributed by atoms with E-state index in [0.29, 0.717) is 24.0 Å². The molecule has 0 aliphatic carbocycles. The summed E-state index contributed by atoms with van der Waals surface area (Å²) < 4.78 is 13.8. The SMILES string of the molecule is Cc1ccc(CNC(=O)[C@H](Cc2ccc(F)cc2)NC(=O)C(Cc2c[nH]c3ccccc23)NC(=O)[C@@H]2CCCCN2C(=O)[C@H](CCC(=O)O)NC(=O)CCl)cc1. The number of nitrogens with one attached hydrogen (secondary N) is 5. The molecule has 4 atom stereocenters. The van der Waals surface area contributed by atoms with Gasteiger partial charge in [0.05, 0.1) is 0 Å². The van der Waals surface area contributed by atoms with E-state index in [1.54, 1.807) is 6.20 Å². The molecule has 296 valence electrons. The number of rotatable bonds is 17. The molecule has 4 aromatic rings. The third kappa shape index (κ3) is 11.4. The first-order valence-corrected chi connectivity index (χ1v) is 19.1. The van der Waals surface area contributed by atoms with E-state index in [2.05, 4.69) is 26.3 Å². The van der Waals surface area contributed by atoms with E-state index < -0.39 is 77.8 Å². The second kappa shape index (κ2) is 19.7. The predicted octanol–water partition coefficient (Wildman–Crippen LogP) is 3.66. The number of benzene rings is 3. The smallest absolute Gasteiger partial charge is 0.303 e. The van der Waals surface area contributed by atoms with Crippen molar-refractivity contribution < 1.29 is 38.3 Å². The Bertz CT molecular complexity index is 2020. The standard InChI is InChI=1S/C41H46ClFN6O7/c1-25-9-11-27(12-10-25)23-45-38(53)33(20-26-13-15-29(43)16-14-26)47-39(54)34(21-28-24-44-31-7-3-2-6-30(28)31)48-40(55)35-8-4-5-19-49(35)41(56)32(17-18-37(51)52)46-36(50)22-42/h2-3,6-7,9-16,24,32-35,44H,4-5,8,17-23H2,1H3,(H,45,53)(H,46,50)(H,47,54)(H,48,55)(H,51,52)/t32-,33-,34?,35-/m0/s1. The molecule has 1 saturated heterocycles. The zero-order valence-electron chi connectivity index (χ0n) is 31.0. The number of fused-ring (bicyclic) bond motifs is 1. The van der Waals surface area contributed by atoms with Gasteiger partial charge in [0.15, 0.2) is 0 Å². The quantitative estimate of drug-likeness (QED) is 0.0881. The van der Waals surface area contributed by atoms with Crippen LogP contribution in [0.3, 0.4) is 0 Å². The molecule has 0 spiro atoms. The Labute approximate surface area is 328 Å². The highest BCUT2D eigenvalue weighted by Crippen LogP contribution is 2.22. The van der Waals surface area contributed by atoms with Crippen molar-refractivity contribution in [3.63, 3.8) is 0 Å². The summed E-state index contributed by atoms with van der Waals surface area (Å²) in [5.74, 6) is -5.14. The molecule has 1 aliphatic rings. The summed E-state index contributed by atoms with van der Waals surface area (Å²) in [6.07, 6.45) is 2.57. The lowest BCUT2D eigenvalue weighted by Crippen LogP contribution is -2.61. The van der Waals surface area contributed by atoms with Crippen LogP contribution in [0.25, 0.3) is 10.9 Å². The van der Waals surface area contributed by atoms with Gasteiger partial charge in [0.1, 0.15) is 35.9 Å². The van der Waals surface area contributed by atoms with E-state index in [-0.39, 0.29) is 38.8 Å². The minimum Gasteiger partial charge on any atom is -0.481 e. The summed E-state index contributed by atoms with van der Waals surface area (Å²) in [6.45, 7) is 2.31. The van der Waals surface area contributed by atoms with Crippen molar-refractivity contribution in [1.29, 1.82) is 0 Å². The summed E-state index contributed by atoms with van der Waals surface area (Å²) in [5.41, 5.74) is 4.03. The van der Waals surface area contributed by atoms with E-state index in [1.807, 2.05) is 55.5 Å². The molecule has 5 rings (SSSR count). The van der Waals surface area contributed by atoms with Gasteiger partial charge in [0.2, 0.25) is 29.5 Å². The number of aromatic amines is 1. The van der Waals surface area contributed by atoms with E-state index in [1.165, 1.54) is 29.2 Å². The van der Waals surface area contributed by atoms with Crippen molar-refractivity contribution in [2.24, 2.45) is 0 Å². The second-order valence-electron chi connectivity index (χ2n) is 13.9. The number of alkyl halides is 1. The van der Waals surface area contributed by atoms with Crippen LogP contribution in [-0.2, 0) is 48.2 Å². The van der Waals surface area contributed by atoms with E-state index in [4.69, 9.17) is 11.6 Å². The number of carbonyl (C=O) groups excluding carboxylic acids is 5. The number of aliphatic carboxylic acids is 1. The number of likely N-dealkylation sites (tertiary alicyclic amines) is 1. The van der Waals surface area contributed by atoms with E-state index in [9.17, 15) is 38.3 Å². The van der Waals surface area contributed by atoms with E-state index in [0.717, 1.165) is 22.0 Å². The third-order valence-electron chi connectivity index (χ3n) is 9.80. The number of nitrogens with zero attached hydrogens (tertiary/aromatic N) is 1. The molecule has 2 heterocycles. The number of para-hydroxylation sites is 1. The van der Waals surface area contributed by atoms with Gasteiger partial charge in [-0.05, 0) is 67.5 Å². The maximum atomic E-state index is 14.3. The number of carbonyl (C=O) groups is 6. The number of aromatic nitrogens is 1. The maximum absolute atomic E-state index is 14.3. The topological polar surface area (TPSA) is 190 Å². The van der Waals surface area contributed by atoms with Gasteiger partial charge in [-0.25, -0.2) is 4.39 Å². The number of carboxylic acid groups (broad SMARTS) is 1. The Morgan fingerprint density at radius 2 is 1.55 bits per heavy atom. The van der Waals surface area contributed by atoms with Crippen molar-refractivity contribution >= 4 is 58.0 Å². The monoisotopic (exact) mass is 788 g/mol. The normalized spacial score (nSPS) is 15.6. The zero-order valence-corrected chi connectivity index (χ0v) is 31.7. The molecule has 0 saturated carbocycles. The van der Waals surface area contributed by atoms with Gasteiger partial charge in [-0.1, -0.05) is 60.2 Å². The van der Waals surface area contributed by atoms with Crippen LogP contribution in [0.2, 0.25) is 0 Å². The molecule has 1 aliphatic heterocycles. The number of hydrogen-bond acceptors (Lipinski definition) is 6. The molecule has 1 unspecified atom stereocenters. The predicted molar refractivity (Wildman–Crippen MR) is 208 cm³/mol. The molecule has 56 heavy (non-hydrogen) atoms. The largest absolute Gasteiger partial charge is 0.481 e. The van der Waals surface area contributed by atoms with Gasteiger partial charge in [-0.3, -0.25) is 28.8 Å². The van der Waals surface area contributed by atoms with Crippen LogP contribution in [0.5, 0.6) is 0 Å². The van der Waals surface area contributed by atoms with E-state index >= 15 is 0 Å². The van der Waals surface area contributed by atoms with Crippen LogP contribution >= 0.6 is 11.6 Å². The molecular weight excluding hydrogens is 743 g/mol. The van der Waals surface area contributed by atoms with Gasteiger partial charge in [0.25, 0.3) is 0 Å². The molecule has 3 aromatic carbocycles. The summed E-state index contributed by atoms with van der Waals surface area (Å²) >= 11 is 5.67. The number of halogens is 2. The molecule has 1 aromatic heterocycles. The first-order valence-electron chi connectivity index (χ1n) is 18.5. The number of H-pyrrole nitrogens is 1. The fraction of sp³-hybridized carbons (Fsp3) is 0.366. The highest BCUT2D eigenvalue weighted by atomic mass is 35.5. The van der Waals surface area contributed by atoms with Crippen molar-refractivity contribution in [2.45, 2.75) is 82.6 Å². The first kappa shape index (κ1) is 41.4. The van der Waals surface area contributed by atoms with Crippen LogP contribution in [0.1, 0.15) is 54.4 Å². The average molecular weight is 789 g/mol. The molecule has 6 N–H and O–H groups in total. The Morgan fingerprint density at radius 1 is 0.857 bits per heavy atom. The van der Waals surface area contributed by atoms with Crippen LogP contribution in [0, 0.1) is 12.7 Å². The summed E-state index contributed by atoms with van der Waals surface area (Å²) in [7, 11) is 0. The molecule has 15 heteroatoms. The molecule has 0 bridgehead atoms. The Kier molecular flexibility index (Phi) is 14.6. The number of carboxylic acids is 1. The summed E-state index contributed by atoms with van der Waals surface area (Å²) in [4.78, 5) is 84.2. The van der Waals surface area contributed by atoms with Gasteiger partial charge in [-0.2, -0.15) is 0 Å². The van der Waals surface area contributed by atoms with Gasteiger partial charge < -0.3 is 36.3 Å². The van der Waals surface area contributed by atoms with Crippen molar-refractivity contribution in [1.82, 2.24) is 31.2 Å². The lowest BCUT2D eigenvalue weighted by atomic mass is 9.97. The van der Waals surface area contributed by atoms with Crippen LogP contribution < -0.4 is 21.3 Å². The zero-order chi connectivity index (χ0) is 40.2. The highest BCUT2D eigenvalue weighted by molar-refractivity contribution is 6.27. The van der Waals surface area contributed by atoms with Crippen LogP contribution in [0.4, 0.5) is 4.39 Å². The van der Waals surface area contributed by atoms with Gasteiger partial charge >= 0.3 is 5.97 Å². The minimum atomic E-state index is -1.23. The molecule has 5 amide bonds. The molecule has 0 radical (unpaired) electrons. The summed E-state index contributed by atoms with van der Waals surface area (Å²) in [5, 5.41) is 21.2. The van der Waals surface area contributed by atoms with Gasteiger partial charge in [-0.15, -0.1) is 11.6 Å². The number of amides is 5. The first-order chi connectivity index (χ1) is 26.9. The molecular formula is C41H46ClFN6O7. The lowest BCUT2D eigenvalue weighted by molar-refractivity contribution is -0.146. The average Bonchev–Trinajstić information content (AvgIpc) is 3.61. The molecule has 13 nitrogen and oxygen atoms in total. The van der Waals surface area contributed by atoms with Gasteiger partial charge in [0, 0.05) is 49.5 Å². The minimum absolute atomic E-state index is 0.0174. The maximum Gasteiger partial charge on any atom is 0.303 e. The Morgan fingerprint density at radius 3 is 2.27 bits per heavy atom. The highest BCUT2D eigenvalue weighted by Gasteiger charge is 2.38. The van der Waals surface area contributed by atoms with Crippen LogP contribution in [-0.4, -0.2) is 87.1 Å². The number of aryl methyl sites for hydroxylation is 1. The lowest BCUT2D eigenvalue weighted by Gasteiger charge is -2.37. The second-order valence-corrected chi connectivity index (χ2v) is 14.2. The fourth-order valence-electron chi connectivity index (χ4n) is 6.78. The Hall–Kier alpha value is -5.76. The Balaban J connectivity index is 1.41. The van der Waals surface area contributed by atoms with Crippen molar-refractivity contribution in [3.05, 3.63) is 107 Å². The number of hydrogen-bond donors (Lipinski definition) is 6. The molecule has 1 fully saturated rings. The fourth-order valence-corrected chi connectivity index (χ4v) is 6.86. The van der Waals surface area contributed by atoms with Crippen molar-refractivity contribution in [3.8, 4) is 0 Å². The third-order valence-corrected chi connectivity index (χ3v) is 10.0.